The van der Waals surface area contributed by atoms with Crippen LogP contribution in [0.3, 0.4) is 0 Å². The molecular formula is C14H19N3O6. The average molecular weight is 325 g/mol. The average Bonchev–Trinajstić information content (AvgIpc) is 2.50. The highest BCUT2D eigenvalue weighted by atomic mass is 16.4. The molecule has 0 saturated carbocycles. The highest BCUT2D eigenvalue weighted by molar-refractivity contribution is 5.61. The molecule has 23 heavy (non-hydrogen) atoms. The maximum absolute atomic E-state index is 12.0. The number of hydrogen-bond acceptors (Lipinski definition) is 7. The van der Waals surface area contributed by atoms with Crippen LogP contribution in [0, 0.1) is 13.8 Å². The molecule has 2 heterocycles. The number of nitrogens with one attached hydrogen (secondary N) is 1. The summed E-state index contributed by atoms with van der Waals surface area (Å²) in [5, 5.41) is 37.9. The zero-order chi connectivity index (χ0) is 17.3. The molecule has 126 valence electrons. The Kier molecular flexibility index (Phi) is 4.95. The predicted octanol–water partition coefficient (Wildman–Crippen LogP) is -2.27. The van der Waals surface area contributed by atoms with Gasteiger partial charge < -0.3 is 25.0 Å². The van der Waals surface area contributed by atoms with E-state index in [-0.39, 0.29) is 17.9 Å². The molecule has 0 fully saturated rings. The molecule has 0 radical (unpaired) electrons. The first-order valence-electron chi connectivity index (χ1n) is 7.02. The van der Waals surface area contributed by atoms with E-state index in [0.717, 1.165) is 5.56 Å². The largest absolute Gasteiger partial charge is 0.394 e. The van der Waals surface area contributed by atoms with Crippen LogP contribution in [0.1, 0.15) is 11.1 Å². The van der Waals surface area contributed by atoms with E-state index < -0.39 is 36.2 Å². The number of aliphatic hydroxyl groups is 4. The van der Waals surface area contributed by atoms with Crippen molar-refractivity contribution in [1.29, 1.82) is 0 Å². The van der Waals surface area contributed by atoms with Crippen molar-refractivity contribution in [3.05, 3.63) is 38.2 Å². The van der Waals surface area contributed by atoms with Crippen LogP contribution in [0.4, 0.5) is 0 Å². The van der Waals surface area contributed by atoms with Gasteiger partial charge in [0.25, 0.3) is 5.56 Å². The molecule has 0 unspecified atom stereocenters. The second-order valence-electron chi connectivity index (χ2n) is 5.47. The van der Waals surface area contributed by atoms with Gasteiger partial charge in [-0.05, 0) is 25.0 Å². The van der Waals surface area contributed by atoms with E-state index >= 15 is 0 Å². The topological polar surface area (TPSA) is 149 Å². The third kappa shape index (κ3) is 3.32. The summed E-state index contributed by atoms with van der Waals surface area (Å²) in [6.07, 6.45) is -2.93. The van der Waals surface area contributed by atoms with Crippen molar-refractivity contribution in [3.63, 3.8) is 0 Å². The van der Waals surface area contributed by atoms with Gasteiger partial charge in [-0.15, -0.1) is 0 Å². The number of rotatable bonds is 5. The van der Waals surface area contributed by atoms with Crippen LogP contribution in [0.2, 0.25) is 0 Å². The van der Waals surface area contributed by atoms with Gasteiger partial charge in [0.05, 0.1) is 18.7 Å². The van der Waals surface area contributed by atoms with Crippen molar-refractivity contribution in [2.75, 3.05) is 6.61 Å². The predicted molar refractivity (Wildman–Crippen MR) is 80.3 cm³/mol. The zero-order valence-corrected chi connectivity index (χ0v) is 12.7. The number of hydrogen-bond donors (Lipinski definition) is 5. The Morgan fingerprint density at radius 2 is 1.87 bits per heavy atom. The quantitative estimate of drug-likeness (QED) is 0.416. The number of aryl methyl sites for hydroxylation is 1. The Hall–Kier alpha value is -2.07. The van der Waals surface area contributed by atoms with Gasteiger partial charge in [-0.3, -0.25) is 9.78 Å². The van der Waals surface area contributed by atoms with E-state index in [4.69, 9.17) is 5.11 Å². The monoisotopic (exact) mass is 325 g/mol. The first-order chi connectivity index (χ1) is 10.8. The summed E-state index contributed by atoms with van der Waals surface area (Å²) in [5.41, 5.74) is 0.197. The van der Waals surface area contributed by atoms with Crippen molar-refractivity contribution in [2.24, 2.45) is 0 Å². The molecule has 0 amide bonds. The van der Waals surface area contributed by atoms with Gasteiger partial charge in [0.1, 0.15) is 18.3 Å². The lowest BCUT2D eigenvalue weighted by atomic mass is 10.0. The number of H-pyrrole nitrogens is 1. The maximum Gasteiger partial charge on any atom is 0.349 e. The molecule has 0 aromatic heterocycles. The van der Waals surface area contributed by atoms with Crippen LogP contribution in [-0.4, -0.2) is 59.9 Å². The first kappa shape index (κ1) is 17.3. The lowest BCUT2D eigenvalue weighted by molar-refractivity contribution is -0.0805. The summed E-state index contributed by atoms with van der Waals surface area (Å²) < 4.78 is 1.37. The normalized spacial score (nSPS) is 15.6. The van der Waals surface area contributed by atoms with E-state index in [1.165, 1.54) is 4.57 Å². The SMILES string of the molecule is Cc1cn(C[C@H](O)[C@H](O)[C@H](O)CO)c2nc(=O)[nH]c(=O)c-2c1C. The van der Waals surface area contributed by atoms with E-state index in [9.17, 15) is 24.9 Å². The van der Waals surface area contributed by atoms with Gasteiger partial charge in [0.15, 0.2) is 5.82 Å². The molecule has 0 aromatic rings. The van der Waals surface area contributed by atoms with Crippen molar-refractivity contribution >= 4 is 0 Å². The fourth-order valence-electron chi connectivity index (χ4n) is 2.39. The number of nitrogens with zero attached hydrogens (tertiary/aromatic N) is 2. The molecular weight excluding hydrogens is 306 g/mol. The Morgan fingerprint density at radius 1 is 1.22 bits per heavy atom. The van der Waals surface area contributed by atoms with Crippen LogP contribution in [0.25, 0.3) is 11.4 Å². The molecule has 9 heteroatoms. The molecule has 0 spiro atoms. The number of pyridine rings is 1. The lowest BCUT2D eigenvalue weighted by Crippen LogP contribution is -2.42. The minimum atomic E-state index is -1.59. The summed E-state index contributed by atoms with van der Waals surface area (Å²) in [4.78, 5) is 29.3. The molecule has 0 aromatic carbocycles. The van der Waals surface area contributed by atoms with Gasteiger partial charge in [-0.1, -0.05) is 0 Å². The van der Waals surface area contributed by atoms with Gasteiger partial charge in [0.2, 0.25) is 0 Å². The van der Waals surface area contributed by atoms with Crippen LogP contribution in [-0.2, 0) is 6.54 Å². The van der Waals surface area contributed by atoms with Gasteiger partial charge in [0, 0.05) is 6.20 Å². The molecule has 2 rings (SSSR count). The van der Waals surface area contributed by atoms with Crippen LogP contribution >= 0.6 is 0 Å². The minimum Gasteiger partial charge on any atom is -0.394 e. The van der Waals surface area contributed by atoms with Crippen molar-refractivity contribution in [2.45, 2.75) is 38.7 Å². The number of aliphatic hydroxyl groups excluding tert-OH is 4. The minimum absolute atomic E-state index is 0.0755. The van der Waals surface area contributed by atoms with E-state index in [2.05, 4.69) is 9.97 Å². The molecule has 0 aliphatic carbocycles. The van der Waals surface area contributed by atoms with Gasteiger partial charge in [-0.25, -0.2) is 4.79 Å². The fraction of sp³-hybridized carbons (Fsp3) is 0.500. The summed E-state index contributed by atoms with van der Waals surface area (Å²) in [6.45, 7) is 2.54. The smallest absolute Gasteiger partial charge is 0.349 e. The van der Waals surface area contributed by atoms with Gasteiger partial charge in [-0.2, -0.15) is 4.98 Å². The van der Waals surface area contributed by atoms with Crippen molar-refractivity contribution < 1.29 is 20.4 Å². The lowest BCUT2D eigenvalue weighted by Gasteiger charge is -2.24. The number of fused-ring (bicyclic) bond motifs is 1. The van der Waals surface area contributed by atoms with Crippen LogP contribution in [0.15, 0.2) is 15.8 Å². The standard InChI is InChI=1S/C14H19N3O6/c1-6-3-17(4-8(19)11(21)9(20)5-18)12-10(7(6)2)13(22)16-14(23)15-12/h3,8-9,11,18-21H,4-5H2,1-2H3,(H,16,22,23)/t8-,9+,11-/m0/s1. The second-order valence-corrected chi connectivity index (χ2v) is 5.47. The fourth-order valence-corrected chi connectivity index (χ4v) is 2.39. The Morgan fingerprint density at radius 3 is 2.48 bits per heavy atom. The molecule has 9 nitrogen and oxygen atoms in total. The van der Waals surface area contributed by atoms with E-state index in [0.29, 0.717) is 5.56 Å². The van der Waals surface area contributed by atoms with E-state index in [1.54, 1.807) is 20.0 Å². The number of aromatic amines is 1. The summed E-state index contributed by atoms with van der Waals surface area (Å²) >= 11 is 0. The summed E-state index contributed by atoms with van der Waals surface area (Å²) in [7, 11) is 0. The maximum atomic E-state index is 12.0. The summed E-state index contributed by atoms with van der Waals surface area (Å²) in [6, 6.07) is 0. The molecule has 0 saturated heterocycles. The van der Waals surface area contributed by atoms with Gasteiger partial charge >= 0.3 is 5.69 Å². The molecule has 2 aliphatic heterocycles. The highest BCUT2D eigenvalue weighted by Crippen LogP contribution is 2.22. The Labute approximate surface area is 130 Å². The zero-order valence-electron chi connectivity index (χ0n) is 12.7. The van der Waals surface area contributed by atoms with Crippen LogP contribution < -0.4 is 11.2 Å². The van der Waals surface area contributed by atoms with Crippen molar-refractivity contribution in [3.8, 4) is 11.4 Å². The highest BCUT2D eigenvalue weighted by Gasteiger charge is 2.26. The molecule has 0 bridgehead atoms. The van der Waals surface area contributed by atoms with Crippen molar-refractivity contribution in [1.82, 2.24) is 14.5 Å². The second kappa shape index (κ2) is 6.59. The Bertz CT molecular complexity index is 783. The third-order valence-corrected chi connectivity index (χ3v) is 3.83. The van der Waals surface area contributed by atoms with Crippen LogP contribution in [0.5, 0.6) is 0 Å². The molecule has 5 N–H and O–H groups in total. The van der Waals surface area contributed by atoms with E-state index in [1.807, 2.05) is 0 Å². The summed E-state index contributed by atoms with van der Waals surface area (Å²) in [5.74, 6) is 0.0755. The first-order valence-corrected chi connectivity index (χ1v) is 7.02. The molecule has 2 aliphatic rings. The number of aromatic nitrogens is 3. The third-order valence-electron chi connectivity index (χ3n) is 3.83. The molecule has 3 atom stereocenters. The Balaban J connectivity index is 2.51.